The minimum Gasteiger partial charge on any atom is -0.494 e. The van der Waals surface area contributed by atoms with Gasteiger partial charge in [-0.3, -0.25) is 4.79 Å². The average Bonchev–Trinajstić information content (AvgIpc) is 2.77. The lowest BCUT2D eigenvalue weighted by Gasteiger charge is -2.34. The molecule has 1 aliphatic carbocycles. The summed E-state index contributed by atoms with van der Waals surface area (Å²) in [5.74, 6) is 1.04. The third-order valence-corrected chi connectivity index (χ3v) is 5.22. The molecule has 27 heavy (non-hydrogen) atoms. The maximum Gasteiger partial charge on any atom is 0.163 e. The van der Waals surface area contributed by atoms with Gasteiger partial charge in [0, 0.05) is 17.7 Å². The number of benzene rings is 2. The number of fused-ring (bicyclic) bond motifs is 1. The number of carbonyl (C=O) groups excluding carboxylic acids is 1. The number of hydrogen-bond donors (Lipinski definition) is 2. The van der Waals surface area contributed by atoms with Gasteiger partial charge in [-0.25, -0.2) is 0 Å². The van der Waals surface area contributed by atoms with Crippen molar-refractivity contribution in [1.29, 1.82) is 0 Å². The Morgan fingerprint density at radius 3 is 2.63 bits per heavy atom. The second kappa shape index (κ2) is 6.76. The number of rotatable bonds is 3. The molecule has 0 saturated heterocycles. The Morgan fingerprint density at radius 2 is 1.85 bits per heavy atom. The minimum absolute atomic E-state index is 0.0417. The number of ketones is 1. The van der Waals surface area contributed by atoms with Gasteiger partial charge in [0.15, 0.2) is 5.78 Å². The molecule has 1 heterocycles. The molecule has 0 spiro atoms. The fourth-order valence-corrected chi connectivity index (χ4v) is 4.09. The van der Waals surface area contributed by atoms with Crippen LogP contribution in [-0.4, -0.2) is 12.4 Å². The summed E-state index contributed by atoms with van der Waals surface area (Å²) in [6.45, 7) is 6.91. The first-order valence-corrected chi connectivity index (χ1v) is 9.58. The van der Waals surface area contributed by atoms with Crippen LogP contribution in [0, 0.1) is 5.41 Å². The lowest BCUT2D eigenvalue weighted by Crippen LogP contribution is -2.31. The number of nitrogens with one attached hydrogen (secondary N) is 2. The number of hydrogen-bond acceptors (Lipinski definition) is 4. The molecule has 2 aromatic rings. The highest BCUT2D eigenvalue weighted by Gasteiger charge is 2.38. The summed E-state index contributed by atoms with van der Waals surface area (Å²) in [5.41, 5.74) is 4.89. The van der Waals surface area contributed by atoms with Crippen molar-refractivity contribution in [2.24, 2.45) is 5.41 Å². The zero-order valence-electron chi connectivity index (χ0n) is 16.1. The van der Waals surface area contributed by atoms with Gasteiger partial charge in [0.2, 0.25) is 0 Å². The molecule has 1 aliphatic heterocycles. The lowest BCUT2D eigenvalue weighted by molar-refractivity contribution is -0.118. The SMILES string of the molecule is CCOc1cccc([C@@H]2Nc3ccccc3NC3=C2C(=O)CC(C)(C)C3)c1. The maximum absolute atomic E-state index is 13.2. The second-order valence-electron chi connectivity index (χ2n) is 8.09. The molecular weight excluding hydrogens is 336 g/mol. The quantitative estimate of drug-likeness (QED) is 0.777. The Morgan fingerprint density at radius 1 is 1.07 bits per heavy atom. The van der Waals surface area contributed by atoms with Gasteiger partial charge in [-0.1, -0.05) is 38.1 Å². The van der Waals surface area contributed by atoms with Gasteiger partial charge in [0.1, 0.15) is 5.75 Å². The molecule has 0 aromatic heterocycles. The Balaban J connectivity index is 1.85. The van der Waals surface area contributed by atoms with Crippen molar-refractivity contribution in [3.63, 3.8) is 0 Å². The van der Waals surface area contributed by atoms with Gasteiger partial charge >= 0.3 is 0 Å². The predicted octanol–water partition coefficient (Wildman–Crippen LogP) is 5.31. The van der Waals surface area contributed by atoms with Gasteiger partial charge in [0.05, 0.1) is 24.0 Å². The van der Waals surface area contributed by atoms with Crippen molar-refractivity contribution >= 4 is 17.2 Å². The van der Waals surface area contributed by atoms with E-state index in [0.29, 0.717) is 13.0 Å². The number of carbonyl (C=O) groups is 1. The number of allylic oxidation sites excluding steroid dienone is 1. The summed E-state index contributed by atoms with van der Waals surface area (Å²) < 4.78 is 5.69. The van der Waals surface area contributed by atoms with E-state index in [-0.39, 0.29) is 17.2 Å². The molecule has 2 N–H and O–H groups in total. The molecule has 0 amide bonds. The Bertz CT molecular complexity index is 914. The Labute approximate surface area is 160 Å². The van der Waals surface area contributed by atoms with Crippen LogP contribution in [0.2, 0.25) is 0 Å². The van der Waals surface area contributed by atoms with Crippen LogP contribution < -0.4 is 15.4 Å². The van der Waals surface area contributed by atoms with E-state index in [1.165, 1.54) is 0 Å². The van der Waals surface area contributed by atoms with Crippen LogP contribution in [0.15, 0.2) is 59.8 Å². The summed E-state index contributed by atoms with van der Waals surface area (Å²) in [6.07, 6.45) is 1.42. The molecule has 0 fully saturated rings. The monoisotopic (exact) mass is 362 g/mol. The van der Waals surface area contributed by atoms with Crippen molar-refractivity contribution in [3.05, 3.63) is 65.4 Å². The number of anilines is 2. The van der Waals surface area contributed by atoms with Crippen LogP contribution in [0.3, 0.4) is 0 Å². The van der Waals surface area contributed by atoms with Gasteiger partial charge in [-0.05, 0) is 48.6 Å². The fraction of sp³-hybridized carbons (Fsp3) is 0.348. The number of Topliss-reactive ketones (excluding diaryl/α,β-unsaturated/α-hetero) is 1. The minimum atomic E-state index is -0.194. The van der Waals surface area contributed by atoms with E-state index >= 15 is 0 Å². The predicted molar refractivity (Wildman–Crippen MR) is 109 cm³/mol. The lowest BCUT2D eigenvalue weighted by atomic mass is 9.73. The Kier molecular flexibility index (Phi) is 4.42. The van der Waals surface area contributed by atoms with Crippen molar-refractivity contribution < 1.29 is 9.53 Å². The standard InChI is InChI=1S/C23H26N2O2/c1-4-27-16-9-7-8-15(12-16)22-21-19(13-23(2,3)14-20(21)26)24-17-10-5-6-11-18(17)25-22/h5-12,22,24-25H,4,13-14H2,1-3H3/t22-/m0/s1. The van der Waals surface area contributed by atoms with E-state index in [1.807, 2.05) is 37.3 Å². The average molecular weight is 362 g/mol. The molecular formula is C23H26N2O2. The molecule has 4 heteroatoms. The molecule has 4 rings (SSSR count). The van der Waals surface area contributed by atoms with Gasteiger partial charge in [-0.2, -0.15) is 0 Å². The van der Waals surface area contributed by atoms with Crippen LogP contribution in [0.1, 0.15) is 45.2 Å². The molecule has 2 aliphatic rings. The zero-order valence-corrected chi connectivity index (χ0v) is 16.1. The van der Waals surface area contributed by atoms with Crippen LogP contribution in [-0.2, 0) is 4.79 Å². The van der Waals surface area contributed by atoms with Gasteiger partial charge in [-0.15, -0.1) is 0 Å². The number of para-hydroxylation sites is 2. The second-order valence-corrected chi connectivity index (χ2v) is 8.09. The van der Waals surface area contributed by atoms with Crippen molar-refractivity contribution in [3.8, 4) is 5.75 Å². The maximum atomic E-state index is 13.2. The molecule has 1 atom stereocenters. The first-order chi connectivity index (χ1) is 13.0. The van der Waals surface area contributed by atoms with E-state index in [2.05, 4.69) is 42.7 Å². The fourth-order valence-electron chi connectivity index (χ4n) is 4.09. The summed E-state index contributed by atoms with van der Waals surface area (Å²) >= 11 is 0. The van der Waals surface area contributed by atoms with Crippen molar-refractivity contribution in [2.75, 3.05) is 17.2 Å². The van der Waals surface area contributed by atoms with E-state index in [4.69, 9.17) is 4.74 Å². The highest BCUT2D eigenvalue weighted by Crippen LogP contribution is 2.45. The molecule has 140 valence electrons. The molecule has 0 unspecified atom stereocenters. The highest BCUT2D eigenvalue weighted by atomic mass is 16.5. The normalized spacial score (nSPS) is 20.7. The molecule has 0 bridgehead atoms. The smallest absolute Gasteiger partial charge is 0.163 e. The largest absolute Gasteiger partial charge is 0.494 e. The van der Waals surface area contributed by atoms with Gasteiger partial charge < -0.3 is 15.4 Å². The van der Waals surface area contributed by atoms with Crippen molar-refractivity contribution in [2.45, 2.75) is 39.7 Å². The van der Waals surface area contributed by atoms with Crippen LogP contribution >= 0.6 is 0 Å². The van der Waals surface area contributed by atoms with Crippen LogP contribution in [0.4, 0.5) is 11.4 Å². The molecule has 0 saturated carbocycles. The summed E-state index contributed by atoms with van der Waals surface area (Å²) in [6, 6.07) is 16.0. The summed E-state index contributed by atoms with van der Waals surface area (Å²) in [4.78, 5) is 13.2. The topological polar surface area (TPSA) is 50.4 Å². The van der Waals surface area contributed by atoms with Crippen LogP contribution in [0.25, 0.3) is 0 Å². The summed E-state index contributed by atoms with van der Waals surface area (Å²) in [7, 11) is 0. The number of ether oxygens (including phenoxy) is 1. The molecule has 0 radical (unpaired) electrons. The Hall–Kier alpha value is -2.75. The first kappa shape index (κ1) is 17.7. The van der Waals surface area contributed by atoms with E-state index in [1.54, 1.807) is 0 Å². The first-order valence-electron chi connectivity index (χ1n) is 9.58. The third-order valence-electron chi connectivity index (χ3n) is 5.22. The van der Waals surface area contributed by atoms with Gasteiger partial charge in [0.25, 0.3) is 0 Å². The zero-order chi connectivity index (χ0) is 19.0. The third kappa shape index (κ3) is 3.44. The van der Waals surface area contributed by atoms with Crippen LogP contribution in [0.5, 0.6) is 5.75 Å². The molecule has 2 aromatic carbocycles. The van der Waals surface area contributed by atoms with E-state index in [9.17, 15) is 4.79 Å². The van der Waals surface area contributed by atoms with Crippen molar-refractivity contribution in [1.82, 2.24) is 0 Å². The van der Waals surface area contributed by atoms with E-state index in [0.717, 1.165) is 40.4 Å². The highest BCUT2D eigenvalue weighted by molar-refractivity contribution is 6.01. The molecule has 4 nitrogen and oxygen atoms in total. The summed E-state index contributed by atoms with van der Waals surface area (Å²) in [5, 5.41) is 7.16. The van der Waals surface area contributed by atoms with E-state index < -0.39 is 0 Å².